The summed E-state index contributed by atoms with van der Waals surface area (Å²) in [5.74, 6) is 0. The van der Waals surface area contributed by atoms with Crippen LogP contribution in [0, 0.1) is 5.41 Å². The summed E-state index contributed by atoms with van der Waals surface area (Å²) in [7, 11) is 0. The van der Waals surface area contributed by atoms with Crippen molar-refractivity contribution in [2.24, 2.45) is 5.41 Å². The van der Waals surface area contributed by atoms with E-state index >= 15 is 0 Å². The van der Waals surface area contributed by atoms with Crippen molar-refractivity contribution >= 4 is 0 Å². The zero-order chi connectivity index (χ0) is 11.8. The maximum absolute atomic E-state index is 9.92. The van der Waals surface area contributed by atoms with Gasteiger partial charge in [0, 0.05) is 18.2 Å². The van der Waals surface area contributed by atoms with Crippen molar-refractivity contribution in [3.05, 3.63) is 11.9 Å². The third kappa shape index (κ3) is 2.31. The Morgan fingerprint density at radius 1 is 1.44 bits per heavy atom. The van der Waals surface area contributed by atoms with Crippen LogP contribution >= 0.6 is 0 Å². The Labute approximate surface area is 96.8 Å². The van der Waals surface area contributed by atoms with E-state index in [0.29, 0.717) is 6.54 Å². The molecule has 2 heterocycles. The minimum atomic E-state index is -0.321. The minimum Gasteiger partial charge on any atom is -0.390 e. The van der Waals surface area contributed by atoms with Gasteiger partial charge in [-0.25, -0.2) is 0 Å². The molecule has 2 atom stereocenters. The number of aliphatic hydroxyl groups is 1. The van der Waals surface area contributed by atoms with E-state index in [0.717, 1.165) is 18.7 Å². The van der Waals surface area contributed by atoms with E-state index in [-0.39, 0.29) is 17.6 Å². The van der Waals surface area contributed by atoms with Gasteiger partial charge in [0.05, 0.1) is 17.8 Å². The molecule has 0 aromatic carbocycles. The fraction of sp³-hybridized carbons (Fsp3) is 0.818. The van der Waals surface area contributed by atoms with E-state index in [1.165, 1.54) is 0 Å². The molecule has 5 heteroatoms. The lowest BCUT2D eigenvalue weighted by Gasteiger charge is -2.34. The molecule has 1 saturated heterocycles. The third-order valence-corrected chi connectivity index (χ3v) is 3.17. The highest BCUT2D eigenvalue weighted by atomic mass is 16.3. The van der Waals surface area contributed by atoms with Crippen LogP contribution in [0.2, 0.25) is 0 Å². The van der Waals surface area contributed by atoms with Gasteiger partial charge >= 0.3 is 0 Å². The van der Waals surface area contributed by atoms with Crippen molar-refractivity contribution in [2.45, 2.75) is 39.3 Å². The second kappa shape index (κ2) is 4.24. The molecule has 2 aliphatic rings. The lowest BCUT2D eigenvalue weighted by molar-refractivity contribution is 0.0299. The minimum absolute atomic E-state index is 0.0968. The van der Waals surface area contributed by atoms with Crippen LogP contribution in [0.25, 0.3) is 0 Å². The Hall–Kier alpha value is -0.780. The first-order chi connectivity index (χ1) is 7.48. The first-order valence-corrected chi connectivity index (χ1v) is 5.89. The van der Waals surface area contributed by atoms with Crippen molar-refractivity contribution in [1.82, 2.24) is 21.3 Å². The number of nitrogens with zero attached hydrogens (tertiary/aromatic N) is 1. The van der Waals surface area contributed by atoms with Crippen LogP contribution in [0.15, 0.2) is 11.9 Å². The van der Waals surface area contributed by atoms with E-state index in [1.54, 1.807) is 0 Å². The van der Waals surface area contributed by atoms with Gasteiger partial charge in [-0.2, -0.15) is 0 Å². The Balaban J connectivity index is 2.04. The van der Waals surface area contributed by atoms with Crippen LogP contribution in [0.4, 0.5) is 0 Å². The highest BCUT2D eigenvalue weighted by Crippen LogP contribution is 2.26. The quantitative estimate of drug-likeness (QED) is 0.504. The molecule has 0 spiro atoms. The van der Waals surface area contributed by atoms with Crippen molar-refractivity contribution < 1.29 is 5.11 Å². The molecule has 2 aliphatic heterocycles. The zero-order valence-electron chi connectivity index (χ0n) is 10.2. The maximum Gasteiger partial charge on any atom is 0.0884 e. The van der Waals surface area contributed by atoms with Gasteiger partial charge in [0.2, 0.25) is 0 Å². The van der Waals surface area contributed by atoms with Gasteiger partial charge in [0.15, 0.2) is 0 Å². The number of hydrogen-bond acceptors (Lipinski definition) is 5. The fourth-order valence-electron chi connectivity index (χ4n) is 2.04. The largest absolute Gasteiger partial charge is 0.390 e. The van der Waals surface area contributed by atoms with Crippen molar-refractivity contribution in [3.63, 3.8) is 0 Å². The molecule has 0 amide bonds. The molecule has 16 heavy (non-hydrogen) atoms. The smallest absolute Gasteiger partial charge is 0.0884 e. The predicted molar refractivity (Wildman–Crippen MR) is 62.9 cm³/mol. The molecule has 0 aromatic rings. The van der Waals surface area contributed by atoms with Crippen molar-refractivity contribution in [3.8, 4) is 0 Å². The van der Waals surface area contributed by atoms with Crippen LogP contribution < -0.4 is 16.3 Å². The van der Waals surface area contributed by atoms with Crippen LogP contribution in [0.1, 0.15) is 27.2 Å². The molecule has 2 rings (SSSR count). The second-order valence-electron chi connectivity index (χ2n) is 5.56. The van der Waals surface area contributed by atoms with E-state index in [2.05, 4.69) is 43.2 Å². The molecule has 4 N–H and O–H groups in total. The van der Waals surface area contributed by atoms with Gasteiger partial charge in [-0.15, -0.1) is 5.53 Å². The molecular weight excluding hydrogens is 204 g/mol. The molecule has 0 saturated carbocycles. The number of hydrazine groups is 2. The van der Waals surface area contributed by atoms with Crippen molar-refractivity contribution in [2.75, 3.05) is 13.1 Å². The molecule has 0 aromatic heterocycles. The number of β-amino-alcohol motifs (C(OH)–C–C–N with tert-alkyl or cyclic N) is 1. The number of allylic oxidation sites excluding steroid dienone is 1. The Bertz CT molecular complexity index is 284. The first-order valence-electron chi connectivity index (χ1n) is 5.89. The number of piperidine rings is 1. The number of nitrogens with one attached hydrogen (secondary N) is 3. The maximum atomic E-state index is 9.92. The number of hydrogen-bond donors (Lipinski definition) is 4. The van der Waals surface area contributed by atoms with E-state index in [1.807, 2.05) is 5.01 Å². The summed E-state index contributed by atoms with van der Waals surface area (Å²) in [4.78, 5) is 0. The summed E-state index contributed by atoms with van der Waals surface area (Å²) < 4.78 is 0. The van der Waals surface area contributed by atoms with Gasteiger partial charge in [-0.1, -0.05) is 20.8 Å². The summed E-state index contributed by atoms with van der Waals surface area (Å²) in [6.45, 7) is 8.11. The van der Waals surface area contributed by atoms with Gasteiger partial charge in [0.25, 0.3) is 0 Å². The van der Waals surface area contributed by atoms with Crippen molar-refractivity contribution in [1.29, 1.82) is 0 Å². The lowest BCUT2D eigenvalue weighted by Crippen LogP contribution is -2.55. The highest BCUT2D eigenvalue weighted by molar-refractivity contribution is 5.11. The Morgan fingerprint density at radius 2 is 2.19 bits per heavy atom. The zero-order valence-corrected chi connectivity index (χ0v) is 10.2. The molecule has 0 bridgehead atoms. The van der Waals surface area contributed by atoms with Crippen LogP contribution in [0.5, 0.6) is 0 Å². The SMILES string of the molecule is CC(C)(C)C1=CN([C@@H]2CCNC[C@H]2O)NN1. The monoisotopic (exact) mass is 226 g/mol. The lowest BCUT2D eigenvalue weighted by atomic mass is 9.93. The predicted octanol–water partition coefficient (Wildman–Crippen LogP) is -0.0785. The van der Waals surface area contributed by atoms with E-state index in [9.17, 15) is 5.11 Å². The normalized spacial score (nSPS) is 31.2. The van der Waals surface area contributed by atoms with Crippen LogP contribution in [0.3, 0.4) is 0 Å². The summed E-state index contributed by atoms with van der Waals surface area (Å²) in [5.41, 5.74) is 7.53. The fourth-order valence-corrected chi connectivity index (χ4v) is 2.04. The second-order valence-corrected chi connectivity index (χ2v) is 5.56. The standard InChI is InChI=1S/C11H22N4O/c1-11(2,3)10-7-15(14-13-10)8-4-5-12-6-9(8)16/h7-9,12-14,16H,4-6H2,1-3H3/t8-,9-/m1/s1. The summed E-state index contributed by atoms with van der Waals surface area (Å²) in [6.07, 6.45) is 2.70. The third-order valence-electron chi connectivity index (χ3n) is 3.17. The van der Waals surface area contributed by atoms with E-state index < -0.39 is 0 Å². The highest BCUT2D eigenvalue weighted by Gasteiger charge is 2.31. The van der Waals surface area contributed by atoms with Gasteiger partial charge < -0.3 is 15.8 Å². The molecule has 5 nitrogen and oxygen atoms in total. The average Bonchev–Trinajstić information content (AvgIpc) is 2.66. The molecule has 0 radical (unpaired) electrons. The molecular formula is C11H22N4O. The summed E-state index contributed by atoms with van der Waals surface area (Å²) >= 11 is 0. The summed E-state index contributed by atoms with van der Waals surface area (Å²) in [5, 5.41) is 15.1. The van der Waals surface area contributed by atoms with Crippen LogP contribution in [-0.2, 0) is 0 Å². The Kier molecular flexibility index (Phi) is 3.10. The number of aliphatic hydroxyl groups excluding tert-OH is 1. The average molecular weight is 226 g/mol. The Morgan fingerprint density at radius 3 is 2.75 bits per heavy atom. The summed E-state index contributed by atoms with van der Waals surface area (Å²) in [6, 6.07) is 0.147. The molecule has 0 aliphatic carbocycles. The molecule has 1 fully saturated rings. The number of rotatable bonds is 1. The van der Waals surface area contributed by atoms with Crippen LogP contribution in [-0.4, -0.2) is 35.4 Å². The first kappa shape index (κ1) is 11.7. The van der Waals surface area contributed by atoms with Gasteiger partial charge in [-0.3, -0.25) is 5.01 Å². The van der Waals surface area contributed by atoms with E-state index in [4.69, 9.17) is 0 Å². The molecule has 0 unspecified atom stereocenters. The topological polar surface area (TPSA) is 59.6 Å². The van der Waals surface area contributed by atoms with Gasteiger partial charge in [-0.05, 0) is 13.0 Å². The molecule has 92 valence electrons. The van der Waals surface area contributed by atoms with Gasteiger partial charge in [0.1, 0.15) is 0 Å².